The van der Waals surface area contributed by atoms with Crippen LogP contribution in [0.4, 0.5) is 18.9 Å². The number of hydrogen-bond donors (Lipinski definition) is 1. The second-order valence-electron chi connectivity index (χ2n) is 6.61. The Morgan fingerprint density at radius 3 is 2.62 bits per heavy atom. The van der Waals surface area contributed by atoms with Crippen molar-refractivity contribution in [3.8, 4) is 0 Å². The normalized spacial score (nSPS) is 11.7. The maximum atomic E-state index is 13.2. The summed E-state index contributed by atoms with van der Waals surface area (Å²) < 4.78 is 44.0. The zero-order valence-electron chi connectivity index (χ0n) is 16.1. The monoisotopic (exact) mass is 497 g/mol. The summed E-state index contributed by atoms with van der Waals surface area (Å²) in [6.45, 7) is 0. The SMILES string of the molecule is Cn1ccc2c(C(=O)c3ncc(Cl)cc3NSc3ccc(Cl)c(C(F)(F)F)c3)ncnc21. The number of carbonyl (C=O) groups is 1. The van der Waals surface area contributed by atoms with Gasteiger partial charge in [-0.2, -0.15) is 13.2 Å². The first-order valence-electron chi connectivity index (χ1n) is 8.91. The molecule has 0 radical (unpaired) electrons. The molecule has 3 aromatic heterocycles. The summed E-state index contributed by atoms with van der Waals surface area (Å²) in [4.78, 5) is 25.8. The van der Waals surface area contributed by atoms with Crippen molar-refractivity contribution in [2.75, 3.05) is 4.72 Å². The molecule has 0 spiro atoms. The van der Waals surface area contributed by atoms with Crippen molar-refractivity contribution in [2.45, 2.75) is 11.1 Å². The van der Waals surface area contributed by atoms with Crippen LogP contribution in [0.5, 0.6) is 0 Å². The Labute approximate surface area is 193 Å². The highest BCUT2D eigenvalue weighted by Crippen LogP contribution is 2.37. The van der Waals surface area contributed by atoms with Gasteiger partial charge in [0.15, 0.2) is 0 Å². The first kappa shape index (κ1) is 22.4. The van der Waals surface area contributed by atoms with Gasteiger partial charge in [0.05, 0.1) is 21.3 Å². The van der Waals surface area contributed by atoms with Crippen LogP contribution in [0.3, 0.4) is 0 Å². The number of pyridine rings is 1. The molecule has 0 unspecified atom stereocenters. The van der Waals surface area contributed by atoms with Crippen molar-refractivity contribution in [2.24, 2.45) is 7.05 Å². The van der Waals surface area contributed by atoms with E-state index in [4.69, 9.17) is 23.2 Å². The van der Waals surface area contributed by atoms with Crippen LogP contribution in [-0.2, 0) is 13.2 Å². The van der Waals surface area contributed by atoms with Crippen molar-refractivity contribution in [1.82, 2.24) is 19.5 Å². The first-order valence-corrected chi connectivity index (χ1v) is 10.5. The van der Waals surface area contributed by atoms with Gasteiger partial charge < -0.3 is 9.29 Å². The molecule has 0 saturated heterocycles. The Kier molecular flexibility index (Phi) is 6.02. The molecule has 0 saturated carbocycles. The van der Waals surface area contributed by atoms with Gasteiger partial charge in [0.1, 0.15) is 23.4 Å². The van der Waals surface area contributed by atoms with Gasteiger partial charge in [0, 0.05) is 29.7 Å². The van der Waals surface area contributed by atoms with E-state index in [-0.39, 0.29) is 27.0 Å². The van der Waals surface area contributed by atoms with Gasteiger partial charge in [0.2, 0.25) is 5.78 Å². The van der Waals surface area contributed by atoms with E-state index in [2.05, 4.69) is 19.7 Å². The van der Waals surface area contributed by atoms with Gasteiger partial charge in [-0.1, -0.05) is 23.2 Å². The molecule has 3 heterocycles. The number of carbonyl (C=O) groups excluding carboxylic acids is 1. The van der Waals surface area contributed by atoms with Crippen LogP contribution in [0.15, 0.2) is 53.9 Å². The van der Waals surface area contributed by atoms with E-state index in [0.717, 1.165) is 24.1 Å². The fraction of sp³-hybridized carbons (Fsp3) is 0.100. The van der Waals surface area contributed by atoms with Crippen LogP contribution in [0.25, 0.3) is 11.0 Å². The lowest BCUT2D eigenvalue weighted by atomic mass is 10.1. The minimum Gasteiger partial charge on any atom is -0.335 e. The molecule has 0 aliphatic heterocycles. The molecule has 6 nitrogen and oxygen atoms in total. The average Bonchev–Trinajstić information content (AvgIpc) is 3.13. The number of anilines is 1. The Bertz CT molecular complexity index is 1340. The molecule has 0 fully saturated rings. The molecule has 0 atom stereocenters. The third-order valence-corrected chi connectivity index (χ3v) is 5.82. The Hall–Kier alpha value is -2.82. The molecule has 1 aromatic carbocycles. The van der Waals surface area contributed by atoms with Gasteiger partial charge >= 0.3 is 6.18 Å². The second-order valence-corrected chi connectivity index (χ2v) is 8.33. The third-order valence-electron chi connectivity index (χ3n) is 4.47. The molecule has 0 amide bonds. The summed E-state index contributed by atoms with van der Waals surface area (Å²) in [7, 11) is 1.79. The van der Waals surface area contributed by atoms with Crippen molar-refractivity contribution >= 4 is 57.7 Å². The lowest BCUT2D eigenvalue weighted by Crippen LogP contribution is -2.10. The van der Waals surface area contributed by atoms with E-state index < -0.39 is 22.5 Å². The number of benzene rings is 1. The molecule has 0 bridgehead atoms. The summed E-state index contributed by atoms with van der Waals surface area (Å²) in [6, 6.07) is 6.67. The summed E-state index contributed by atoms with van der Waals surface area (Å²) in [6.07, 6.45) is -0.266. The maximum Gasteiger partial charge on any atom is 0.417 e. The third kappa shape index (κ3) is 4.38. The molecular weight excluding hydrogens is 486 g/mol. The minimum absolute atomic E-state index is 0.00996. The molecule has 4 aromatic rings. The molecule has 164 valence electrons. The standard InChI is InChI=1S/C20H12Cl2F3N5OS/c1-30-5-4-12-16(27-9-28-19(12)30)18(31)17-15(6-10(21)8-26-17)29-32-11-2-3-14(22)13(7-11)20(23,24)25/h2-9,29H,1H3. The van der Waals surface area contributed by atoms with Crippen molar-refractivity contribution in [1.29, 1.82) is 0 Å². The number of aromatic nitrogens is 4. The van der Waals surface area contributed by atoms with Crippen molar-refractivity contribution in [3.63, 3.8) is 0 Å². The molecule has 0 aliphatic carbocycles. The Balaban J connectivity index is 1.67. The van der Waals surface area contributed by atoms with E-state index in [1.807, 2.05) is 0 Å². The van der Waals surface area contributed by atoms with Crippen LogP contribution in [0.2, 0.25) is 10.0 Å². The fourth-order valence-corrected chi connectivity index (χ4v) is 4.05. The smallest absolute Gasteiger partial charge is 0.335 e. The predicted octanol–water partition coefficient (Wildman–Crippen LogP) is 6.04. The molecular formula is C20H12Cl2F3N5OS. The molecule has 0 aliphatic rings. The number of alkyl halides is 3. The molecule has 32 heavy (non-hydrogen) atoms. The van der Waals surface area contributed by atoms with E-state index in [9.17, 15) is 18.0 Å². The summed E-state index contributed by atoms with van der Waals surface area (Å²) >= 11 is 12.6. The number of ketones is 1. The van der Waals surface area contributed by atoms with Crippen LogP contribution in [0, 0.1) is 0 Å². The van der Waals surface area contributed by atoms with Gasteiger partial charge in [-0.05, 0) is 42.3 Å². The largest absolute Gasteiger partial charge is 0.417 e. The lowest BCUT2D eigenvalue weighted by molar-refractivity contribution is -0.137. The van der Waals surface area contributed by atoms with E-state index in [1.54, 1.807) is 23.9 Å². The molecule has 1 N–H and O–H groups in total. The van der Waals surface area contributed by atoms with E-state index in [1.165, 1.54) is 24.7 Å². The average molecular weight is 498 g/mol. The van der Waals surface area contributed by atoms with Gasteiger partial charge in [-0.15, -0.1) is 0 Å². The number of fused-ring (bicyclic) bond motifs is 1. The summed E-state index contributed by atoms with van der Waals surface area (Å²) in [5.74, 6) is -0.490. The van der Waals surface area contributed by atoms with Crippen LogP contribution < -0.4 is 4.72 Å². The number of rotatable bonds is 5. The minimum atomic E-state index is -4.60. The van der Waals surface area contributed by atoms with Crippen molar-refractivity contribution in [3.05, 3.63) is 76.0 Å². The quantitative estimate of drug-likeness (QED) is 0.267. The predicted molar refractivity (Wildman–Crippen MR) is 117 cm³/mol. The Morgan fingerprint density at radius 1 is 1.09 bits per heavy atom. The topological polar surface area (TPSA) is 72.7 Å². The van der Waals surface area contributed by atoms with Crippen LogP contribution >= 0.6 is 35.1 Å². The fourth-order valence-electron chi connectivity index (χ4n) is 2.97. The summed E-state index contributed by atoms with van der Waals surface area (Å²) in [5.41, 5.74) is -0.0141. The van der Waals surface area contributed by atoms with E-state index in [0.29, 0.717) is 11.0 Å². The zero-order chi connectivity index (χ0) is 23.0. The lowest BCUT2D eigenvalue weighted by Gasteiger charge is -2.13. The number of nitrogens with one attached hydrogen (secondary N) is 1. The number of aryl methyl sites for hydroxylation is 1. The van der Waals surface area contributed by atoms with Crippen molar-refractivity contribution < 1.29 is 18.0 Å². The highest BCUT2D eigenvalue weighted by atomic mass is 35.5. The number of hydrogen-bond acceptors (Lipinski definition) is 6. The molecule has 4 rings (SSSR count). The Morgan fingerprint density at radius 2 is 1.88 bits per heavy atom. The highest BCUT2D eigenvalue weighted by Gasteiger charge is 2.33. The van der Waals surface area contributed by atoms with Gasteiger partial charge in [0.25, 0.3) is 0 Å². The molecule has 12 heteroatoms. The van der Waals surface area contributed by atoms with E-state index >= 15 is 0 Å². The van der Waals surface area contributed by atoms with Crippen LogP contribution in [0.1, 0.15) is 21.7 Å². The highest BCUT2D eigenvalue weighted by molar-refractivity contribution is 8.00. The van der Waals surface area contributed by atoms with Crippen LogP contribution in [-0.4, -0.2) is 25.3 Å². The van der Waals surface area contributed by atoms with Gasteiger partial charge in [-0.25, -0.2) is 15.0 Å². The number of nitrogens with zero attached hydrogens (tertiary/aromatic N) is 4. The second kappa shape index (κ2) is 8.61. The first-order chi connectivity index (χ1) is 15.1. The summed E-state index contributed by atoms with van der Waals surface area (Å²) in [5, 5.41) is 0.380. The zero-order valence-corrected chi connectivity index (χ0v) is 18.4. The van der Waals surface area contributed by atoms with Gasteiger partial charge in [-0.3, -0.25) is 4.79 Å². The number of halogens is 5. The maximum absolute atomic E-state index is 13.2.